The minimum atomic E-state index is 0.228. The Kier molecular flexibility index (Phi) is 4.81. The minimum Gasteiger partial charge on any atom is -0.361 e. The third-order valence-electron chi connectivity index (χ3n) is 4.90. The highest BCUT2D eigenvalue weighted by molar-refractivity contribution is 5.76. The van der Waals surface area contributed by atoms with Gasteiger partial charge in [0.25, 0.3) is 0 Å². The van der Waals surface area contributed by atoms with E-state index in [-0.39, 0.29) is 11.9 Å². The Bertz CT molecular complexity index is 518. The van der Waals surface area contributed by atoms with Crippen LogP contribution >= 0.6 is 0 Å². The van der Waals surface area contributed by atoms with Crippen molar-refractivity contribution in [3.05, 3.63) is 17.0 Å². The van der Waals surface area contributed by atoms with E-state index in [1.165, 1.54) is 31.2 Å². The van der Waals surface area contributed by atoms with Crippen molar-refractivity contribution in [2.24, 2.45) is 5.92 Å². The first-order valence-electron chi connectivity index (χ1n) is 8.52. The molecule has 1 aromatic rings. The monoisotopic (exact) mass is 305 g/mol. The van der Waals surface area contributed by atoms with Crippen molar-refractivity contribution in [2.45, 2.75) is 64.0 Å². The molecule has 0 aliphatic heterocycles. The molecule has 5 nitrogen and oxygen atoms in total. The van der Waals surface area contributed by atoms with Gasteiger partial charge in [-0.1, -0.05) is 18.0 Å². The van der Waals surface area contributed by atoms with E-state index in [1.54, 1.807) is 0 Å². The minimum absolute atomic E-state index is 0.228. The first-order valence-corrected chi connectivity index (χ1v) is 8.52. The van der Waals surface area contributed by atoms with E-state index in [0.29, 0.717) is 12.3 Å². The zero-order valence-corrected chi connectivity index (χ0v) is 13.7. The second-order valence-corrected chi connectivity index (χ2v) is 7.13. The van der Waals surface area contributed by atoms with Crippen LogP contribution in [0.4, 0.5) is 0 Å². The molecular weight excluding hydrogens is 278 g/mol. The van der Waals surface area contributed by atoms with Crippen LogP contribution in [-0.2, 0) is 24.2 Å². The number of rotatable bonds is 5. The summed E-state index contributed by atoms with van der Waals surface area (Å²) >= 11 is 0. The average Bonchev–Trinajstić information content (AvgIpc) is 3.09. The van der Waals surface area contributed by atoms with Gasteiger partial charge in [-0.05, 0) is 45.7 Å². The molecule has 1 saturated carbocycles. The second-order valence-electron chi connectivity index (χ2n) is 7.13. The molecule has 1 amide bonds. The van der Waals surface area contributed by atoms with E-state index in [2.05, 4.69) is 15.4 Å². The number of hydrogen-bond donors (Lipinski definition) is 1. The summed E-state index contributed by atoms with van der Waals surface area (Å²) in [7, 11) is 4.06. The molecule has 0 bridgehead atoms. The Morgan fingerprint density at radius 2 is 2.09 bits per heavy atom. The summed E-state index contributed by atoms with van der Waals surface area (Å²) in [5.74, 6) is 1.85. The molecular formula is C17H27N3O2. The third-order valence-corrected chi connectivity index (χ3v) is 4.90. The lowest BCUT2D eigenvalue weighted by Crippen LogP contribution is -2.39. The van der Waals surface area contributed by atoms with E-state index < -0.39 is 0 Å². The number of carbonyl (C=O) groups is 1. The van der Waals surface area contributed by atoms with Crippen molar-refractivity contribution in [1.29, 1.82) is 0 Å². The summed E-state index contributed by atoms with van der Waals surface area (Å²) < 4.78 is 5.46. The normalized spacial score (nSPS) is 22.0. The maximum Gasteiger partial charge on any atom is 0.220 e. The molecule has 1 atom stereocenters. The fourth-order valence-corrected chi connectivity index (χ4v) is 3.77. The van der Waals surface area contributed by atoms with Crippen molar-refractivity contribution in [1.82, 2.24) is 15.4 Å². The van der Waals surface area contributed by atoms with Gasteiger partial charge in [-0.25, -0.2) is 0 Å². The van der Waals surface area contributed by atoms with Crippen molar-refractivity contribution in [3.8, 4) is 0 Å². The molecule has 0 spiro atoms. The highest BCUT2D eigenvalue weighted by atomic mass is 16.5. The number of nitrogens with zero attached hydrogens (tertiary/aromatic N) is 2. The Morgan fingerprint density at radius 1 is 1.32 bits per heavy atom. The summed E-state index contributed by atoms with van der Waals surface area (Å²) in [4.78, 5) is 14.3. The Morgan fingerprint density at radius 3 is 2.82 bits per heavy atom. The molecule has 3 rings (SSSR count). The lowest BCUT2D eigenvalue weighted by atomic mass is 9.91. The van der Waals surface area contributed by atoms with Gasteiger partial charge in [0, 0.05) is 31.0 Å². The molecule has 5 heteroatoms. The average molecular weight is 305 g/mol. The maximum atomic E-state index is 12.2. The molecule has 1 fully saturated rings. The molecule has 2 aliphatic carbocycles. The zero-order chi connectivity index (χ0) is 15.5. The lowest BCUT2D eigenvalue weighted by molar-refractivity contribution is -0.122. The van der Waals surface area contributed by atoms with Crippen molar-refractivity contribution in [3.63, 3.8) is 0 Å². The number of hydrogen-bond acceptors (Lipinski definition) is 4. The van der Waals surface area contributed by atoms with Gasteiger partial charge in [0.2, 0.25) is 5.91 Å². The molecule has 0 radical (unpaired) electrons. The van der Waals surface area contributed by atoms with Gasteiger partial charge in [0.15, 0.2) is 0 Å². The first-order chi connectivity index (χ1) is 10.6. The van der Waals surface area contributed by atoms with Gasteiger partial charge >= 0.3 is 0 Å². The van der Waals surface area contributed by atoms with Gasteiger partial charge < -0.3 is 14.7 Å². The summed E-state index contributed by atoms with van der Waals surface area (Å²) in [5, 5.41) is 7.44. The number of amides is 1. The summed E-state index contributed by atoms with van der Waals surface area (Å²) in [5.41, 5.74) is 2.24. The topological polar surface area (TPSA) is 58.4 Å². The van der Waals surface area contributed by atoms with Gasteiger partial charge in [0.05, 0.1) is 0 Å². The fourth-order valence-electron chi connectivity index (χ4n) is 3.77. The van der Waals surface area contributed by atoms with Crippen LogP contribution in [0.25, 0.3) is 0 Å². The molecule has 1 N–H and O–H groups in total. The largest absolute Gasteiger partial charge is 0.361 e. The van der Waals surface area contributed by atoms with E-state index in [0.717, 1.165) is 37.3 Å². The zero-order valence-electron chi connectivity index (χ0n) is 13.7. The maximum absolute atomic E-state index is 12.2. The van der Waals surface area contributed by atoms with Crippen molar-refractivity contribution >= 4 is 5.91 Å². The molecule has 2 aliphatic rings. The Hall–Kier alpha value is -1.36. The molecule has 0 saturated heterocycles. The predicted molar refractivity (Wildman–Crippen MR) is 84.4 cm³/mol. The van der Waals surface area contributed by atoms with E-state index >= 15 is 0 Å². The highest BCUT2D eigenvalue weighted by Gasteiger charge is 2.27. The van der Waals surface area contributed by atoms with Gasteiger partial charge in [-0.2, -0.15) is 0 Å². The van der Waals surface area contributed by atoms with Gasteiger partial charge in [-0.15, -0.1) is 0 Å². The lowest BCUT2D eigenvalue weighted by Gasteiger charge is -2.23. The van der Waals surface area contributed by atoms with Crippen LogP contribution in [0.3, 0.4) is 0 Å². The molecule has 0 aromatic carbocycles. The second kappa shape index (κ2) is 6.82. The molecule has 22 heavy (non-hydrogen) atoms. The predicted octanol–water partition coefficient (Wildman–Crippen LogP) is 2.29. The standard InChI is InChI=1S/C17H27N3O2/c1-20(2)11-15-14-10-13(7-8-16(14)22-19-15)18-17(21)9-12-5-3-4-6-12/h12-13H,3-11H2,1-2H3,(H,18,21). The van der Waals surface area contributed by atoms with Crippen LogP contribution < -0.4 is 5.32 Å². The van der Waals surface area contributed by atoms with Gasteiger partial charge in [-0.3, -0.25) is 4.79 Å². The number of nitrogens with one attached hydrogen (secondary N) is 1. The van der Waals surface area contributed by atoms with Crippen LogP contribution in [0, 0.1) is 5.92 Å². The number of fused-ring (bicyclic) bond motifs is 1. The first kappa shape index (κ1) is 15.5. The SMILES string of the molecule is CN(C)Cc1noc2c1CC(NC(=O)CC1CCCC1)CC2. The highest BCUT2D eigenvalue weighted by Crippen LogP contribution is 2.28. The van der Waals surface area contributed by atoms with Crippen LogP contribution in [0.5, 0.6) is 0 Å². The van der Waals surface area contributed by atoms with Crippen LogP contribution in [0.15, 0.2) is 4.52 Å². The van der Waals surface area contributed by atoms with Crippen LogP contribution in [0.1, 0.15) is 55.5 Å². The summed E-state index contributed by atoms with van der Waals surface area (Å²) in [6.07, 6.45) is 8.43. The smallest absolute Gasteiger partial charge is 0.220 e. The van der Waals surface area contributed by atoms with Crippen molar-refractivity contribution in [2.75, 3.05) is 14.1 Å². The van der Waals surface area contributed by atoms with Crippen LogP contribution in [0.2, 0.25) is 0 Å². The van der Waals surface area contributed by atoms with E-state index in [4.69, 9.17) is 4.52 Å². The molecule has 122 valence electrons. The van der Waals surface area contributed by atoms with Crippen LogP contribution in [-0.4, -0.2) is 36.1 Å². The Balaban J connectivity index is 1.56. The number of carbonyl (C=O) groups excluding carboxylic acids is 1. The molecule has 1 aromatic heterocycles. The fraction of sp³-hybridized carbons (Fsp3) is 0.765. The quantitative estimate of drug-likeness (QED) is 0.907. The van der Waals surface area contributed by atoms with Crippen molar-refractivity contribution < 1.29 is 9.32 Å². The van der Waals surface area contributed by atoms with E-state index in [9.17, 15) is 4.79 Å². The number of aryl methyl sites for hydroxylation is 1. The van der Waals surface area contributed by atoms with Gasteiger partial charge in [0.1, 0.15) is 11.5 Å². The summed E-state index contributed by atoms with van der Waals surface area (Å²) in [6, 6.07) is 0.238. The number of aromatic nitrogens is 1. The van der Waals surface area contributed by atoms with E-state index in [1.807, 2.05) is 14.1 Å². The Labute approximate surface area is 132 Å². The molecule has 1 heterocycles. The third kappa shape index (κ3) is 3.69. The summed E-state index contributed by atoms with van der Waals surface area (Å²) in [6.45, 7) is 0.793. The molecule has 1 unspecified atom stereocenters.